The highest BCUT2D eigenvalue weighted by Crippen LogP contribution is 2.30. The predicted octanol–water partition coefficient (Wildman–Crippen LogP) is 2.99. The van der Waals surface area contributed by atoms with E-state index in [2.05, 4.69) is 18.3 Å². The number of thiophene rings is 1. The Kier molecular flexibility index (Phi) is 4.06. The van der Waals surface area contributed by atoms with E-state index < -0.39 is 5.91 Å². The molecule has 0 aliphatic heterocycles. The number of benzene rings is 1. The van der Waals surface area contributed by atoms with Crippen LogP contribution in [0.3, 0.4) is 0 Å². The molecule has 0 fully saturated rings. The van der Waals surface area contributed by atoms with Crippen molar-refractivity contribution < 1.29 is 4.79 Å². The number of nitrogens with two attached hydrogens (primary N) is 2. The normalized spacial score (nSPS) is 12.1. The van der Waals surface area contributed by atoms with Gasteiger partial charge in [-0.2, -0.15) is 0 Å². The summed E-state index contributed by atoms with van der Waals surface area (Å²) in [5.41, 5.74) is 12.8. The summed E-state index contributed by atoms with van der Waals surface area (Å²) >= 11 is 1.70. The summed E-state index contributed by atoms with van der Waals surface area (Å²) in [7, 11) is 0. The Balaban J connectivity index is 2.28. The predicted molar refractivity (Wildman–Crippen MR) is 80.3 cm³/mol. The maximum atomic E-state index is 11.3. The quantitative estimate of drug-likeness (QED) is 0.734. The Hall–Kier alpha value is -2.01. The lowest BCUT2D eigenvalue weighted by atomic mass is 10.1. The number of carbonyl (C=O) groups excluding carboxylic acids is 1. The van der Waals surface area contributed by atoms with Crippen molar-refractivity contribution in [3.8, 4) is 0 Å². The Morgan fingerprint density at radius 2 is 2.16 bits per heavy atom. The summed E-state index contributed by atoms with van der Waals surface area (Å²) in [5.74, 6) is -0.509. The van der Waals surface area contributed by atoms with Gasteiger partial charge in [-0.3, -0.25) is 4.79 Å². The molecule has 0 aliphatic rings. The molecule has 1 atom stereocenters. The van der Waals surface area contributed by atoms with Crippen LogP contribution in [0.5, 0.6) is 0 Å². The topological polar surface area (TPSA) is 81.1 Å². The number of para-hydroxylation sites is 1. The van der Waals surface area contributed by atoms with Gasteiger partial charge in [-0.25, -0.2) is 0 Å². The summed E-state index contributed by atoms with van der Waals surface area (Å²) < 4.78 is 0. The van der Waals surface area contributed by atoms with Crippen LogP contribution in [0, 0.1) is 0 Å². The number of rotatable bonds is 5. The minimum absolute atomic E-state index is 0.186. The fourth-order valence-electron chi connectivity index (χ4n) is 1.96. The van der Waals surface area contributed by atoms with Gasteiger partial charge in [-0.15, -0.1) is 11.3 Å². The van der Waals surface area contributed by atoms with Gasteiger partial charge in [0, 0.05) is 4.88 Å². The second kappa shape index (κ2) is 5.75. The van der Waals surface area contributed by atoms with E-state index in [-0.39, 0.29) is 6.04 Å². The van der Waals surface area contributed by atoms with Crippen molar-refractivity contribution in [3.63, 3.8) is 0 Å². The Bertz CT molecular complexity index is 566. The molecule has 0 aliphatic carbocycles. The van der Waals surface area contributed by atoms with Gasteiger partial charge in [0.05, 0.1) is 23.0 Å². The van der Waals surface area contributed by atoms with Crippen LogP contribution in [0.25, 0.3) is 0 Å². The Morgan fingerprint density at radius 3 is 2.74 bits per heavy atom. The summed E-state index contributed by atoms with van der Waals surface area (Å²) in [6.07, 6.45) is 0.931. The van der Waals surface area contributed by atoms with Crippen LogP contribution in [0.1, 0.15) is 34.6 Å². The van der Waals surface area contributed by atoms with Crippen LogP contribution in [0.2, 0.25) is 0 Å². The van der Waals surface area contributed by atoms with E-state index in [1.54, 1.807) is 23.5 Å². The number of hydrogen-bond donors (Lipinski definition) is 3. The largest absolute Gasteiger partial charge is 0.396 e. The van der Waals surface area contributed by atoms with Gasteiger partial charge in [0.15, 0.2) is 0 Å². The molecule has 1 aromatic carbocycles. The van der Waals surface area contributed by atoms with Gasteiger partial charge in [-0.05, 0) is 30.0 Å². The zero-order valence-corrected chi connectivity index (χ0v) is 11.5. The fourth-order valence-corrected chi connectivity index (χ4v) is 2.82. The lowest BCUT2D eigenvalue weighted by molar-refractivity contribution is 0.100. The van der Waals surface area contributed by atoms with Gasteiger partial charge in [0.1, 0.15) is 0 Å². The summed E-state index contributed by atoms with van der Waals surface area (Å²) in [6.45, 7) is 2.10. The molecule has 100 valence electrons. The molecule has 19 heavy (non-hydrogen) atoms. The number of primary amides is 1. The van der Waals surface area contributed by atoms with Crippen LogP contribution < -0.4 is 16.8 Å². The molecule has 1 amide bonds. The molecular weight excluding hydrogens is 258 g/mol. The first-order valence-corrected chi connectivity index (χ1v) is 6.99. The molecule has 1 unspecified atom stereocenters. The lowest BCUT2D eigenvalue weighted by Gasteiger charge is -2.19. The van der Waals surface area contributed by atoms with E-state index in [0.29, 0.717) is 11.3 Å². The highest BCUT2D eigenvalue weighted by atomic mass is 32.1. The molecule has 2 rings (SSSR count). The van der Waals surface area contributed by atoms with E-state index in [1.807, 2.05) is 17.5 Å². The van der Waals surface area contributed by atoms with Gasteiger partial charge < -0.3 is 16.8 Å². The van der Waals surface area contributed by atoms with Gasteiger partial charge >= 0.3 is 0 Å². The van der Waals surface area contributed by atoms with Crippen LogP contribution in [0.15, 0.2) is 35.7 Å². The lowest BCUT2D eigenvalue weighted by Crippen LogP contribution is -2.16. The molecule has 4 nitrogen and oxygen atoms in total. The highest BCUT2D eigenvalue weighted by Gasteiger charge is 2.14. The van der Waals surface area contributed by atoms with Crippen molar-refractivity contribution in [3.05, 3.63) is 46.2 Å². The third kappa shape index (κ3) is 2.88. The average Bonchev–Trinajstić information content (AvgIpc) is 2.91. The minimum atomic E-state index is -0.509. The maximum Gasteiger partial charge on any atom is 0.250 e. The molecule has 0 bridgehead atoms. The Morgan fingerprint density at radius 1 is 1.37 bits per heavy atom. The van der Waals surface area contributed by atoms with Crippen LogP contribution in [-0.4, -0.2) is 5.91 Å². The molecular formula is C14H17N3OS. The van der Waals surface area contributed by atoms with E-state index in [1.165, 1.54) is 4.88 Å². The maximum absolute atomic E-state index is 11.3. The molecule has 0 saturated heterocycles. The molecule has 0 radical (unpaired) electrons. The smallest absolute Gasteiger partial charge is 0.250 e. The number of carbonyl (C=O) groups is 1. The third-order valence-corrected chi connectivity index (χ3v) is 3.98. The monoisotopic (exact) mass is 275 g/mol. The first-order valence-electron chi connectivity index (χ1n) is 6.11. The van der Waals surface area contributed by atoms with E-state index in [9.17, 15) is 4.79 Å². The van der Waals surface area contributed by atoms with Crippen molar-refractivity contribution >= 4 is 28.6 Å². The molecule has 1 heterocycles. The number of nitrogen functional groups attached to an aromatic ring is 1. The number of anilines is 2. The van der Waals surface area contributed by atoms with Crippen LogP contribution in [0.4, 0.5) is 11.4 Å². The summed E-state index contributed by atoms with van der Waals surface area (Å²) in [4.78, 5) is 12.5. The van der Waals surface area contributed by atoms with Crippen molar-refractivity contribution in [2.24, 2.45) is 5.73 Å². The molecule has 5 heteroatoms. The van der Waals surface area contributed by atoms with Crippen molar-refractivity contribution in [1.82, 2.24) is 0 Å². The zero-order valence-electron chi connectivity index (χ0n) is 10.7. The Labute approximate surface area is 116 Å². The molecule has 0 spiro atoms. The second-order valence-corrected chi connectivity index (χ2v) is 5.23. The zero-order chi connectivity index (χ0) is 13.8. The van der Waals surface area contributed by atoms with Gasteiger partial charge in [0.25, 0.3) is 5.91 Å². The SMILES string of the molecule is CCC(Nc1cccc(C(N)=O)c1N)c1cccs1. The first-order chi connectivity index (χ1) is 9.13. The number of nitrogens with one attached hydrogen (secondary N) is 1. The van der Waals surface area contributed by atoms with Crippen LogP contribution in [-0.2, 0) is 0 Å². The molecule has 5 N–H and O–H groups in total. The number of amides is 1. The van der Waals surface area contributed by atoms with E-state index in [0.717, 1.165) is 12.1 Å². The summed E-state index contributed by atoms with van der Waals surface area (Å²) in [5, 5.41) is 5.42. The minimum Gasteiger partial charge on any atom is -0.396 e. The van der Waals surface area contributed by atoms with Crippen molar-refractivity contribution in [2.45, 2.75) is 19.4 Å². The van der Waals surface area contributed by atoms with Crippen molar-refractivity contribution in [1.29, 1.82) is 0 Å². The first kappa shape index (κ1) is 13.4. The van der Waals surface area contributed by atoms with Gasteiger partial charge in [-0.1, -0.05) is 19.1 Å². The van der Waals surface area contributed by atoms with Crippen LogP contribution >= 0.6 is 11.3 Å². The van der Waals surface area contributed by atoms with Gasteiger partial charge in [0.2, 0.25) is 0 Å². The summed E-state index contributed by atoms with van der Waals surface area (Å²) in [6, 6.07) is 9.56. The number of hydrogen-bond acceptors (Lipinski definition) is 4. The van der Waals surface area contributed by atoms with E-state index >= 15 is 0 Å². The average molecular weight is 275 g/mol. The molecule has 1 aromatic heterocycles. The standard InChI is InChI=1S/C14H17N3OS/c1-2-10(12-7-4-8-19-12)17-11-6-3-5-9(13(11)15)14(16)18/h3-8,10,17H,2,15H2,1H3,(H2,16,18). The fraction of sp³-hybridized carbons (Fsp3) is 0.214. The van der Waals surface area contributed by atoms with Crippen molar-refractivity contribution in [2.75, 3.05) is 11.1 Å². The van der Waals surface area contributed by atoms with E-state index in [4.69, 9.17) is 11.5 Å². The molecule has 0 saturated carbocycles. The third-order valence-electron chi connectivity index (χ3n) is 3.00. The highest BCUT2D eigenvalue weighted by molar-refractivity contribution is 7.10. The second-order valence-electron chi connectivity index (χ2n) is 4.25. The molecule has 2 aromatic rings.